The molecule has 2 aromatic rings. The Kier molecular flexibility index (Phi) is 6.91. The van der Waals surface area contributed by atoms with E-state index >= 15 is 0 Å². The van der Waals surface area contributed by atoms with Crippen molar-refractivity contribution in [2.24, 2.45) is 0 Å². The van der Waals surface area contributed by atoms with Crippen LogP contribution in [0.1, 0.15) is 12.5 Å². The minimum atomic E-state index is -0.478. The Balaban J connectivity index is 1.73. The molecule has 1 saturated heterocycles. The van der Waals surface area contributed by atoms with Gasteiger partial charge in [-0.2, -0.15) is 0 Å². The Morgan fingerprint density at radius 3 is 2.55 bits per heavy atom. The lowest BCUT2D eigenvalue weighted by Gasteiger charge is -2.13. The van der Waals surface area contributed by atoms with Gasteiger partial charge in [-0.05, 0) is 55.0 Å². The molecule has 0 aliphatic carbocycles. The van der Waals surface area contributed by atoms with Crippen molar-refractivity contribution in [3.63, 3.8) is 0 Å². The molecule has 0 aromatic heterocycles. The van der Waals surface area contributed by atoms with Crippen molar-refractivity contribution >= 4 is 45.5 Å². The third-order valence-corrected chi connectivity index (χ3v) is 5.03. The van der Waals surface area contributed by atoms with Crippen LogP contribution in [0.4, 0.5) is 14.9 Å². The first-order valence-electron chi connectivity index (χ1n) is 9.22. The number of ether oxygens (including phenoxy) is 2. The Morgan fingerprint density at radius 2 is 1.94 bits per heavy atom. The molecule has 0 radical (unpaired) electrons. The number of hydrogen-bond donors (Lipinski definition) is 2. The molecule has 2 aromatic carbocycles. The molecule has 0 unspecified atom stereocenters. The number of urea groups is 1. The average molecular weight is 492 g/mol. The minimum Gasteiger partial charge on any atom is -0.493 e. The van der Waals surface area contributed by atoms with Crippen molar-refractivity contribution in [1.29, 1.82) is 0 Å². The van der Waals surface area contributed by atoms with Crippen molar-refractivity contribution in [3.8, 4) is 11.5 Å². The number of rotatable bonds is 7. The summed E-state index contributed by atoms with van der Waals surface area (Å²) < 4.78 is 24.4. The van der Waals surface area contributed by atoms with Gasteiger partial charge in [0.1, 0.15) is 11.5 Å². The predicted molar refractivity (Wildman–Crippen MR) is 115 cm³/mol. The fourth-order valence-electron chi connectivity index (χ4n) is 2.82. The Morgan fingerprint density at radius 1 is 1.23 bits per heavy atom. The monoisotopic (exact) mass is 491 g/mol. The molecule has 0 saturated carbocycles. The van der Waals surface area contributed by atoms with Crippen LogP contribution in [0.2, 0.25) is 0 Å². The van der Waals surface area contributed by atoms with Gasteiger partial charge in [-0.25, -0.2) is 9.18 Å². The van der Waals surface area contributed by atoms with Crippen LogP contribution in [0.25, 0.3) is 6.08 Å². The number of anilines is 1. The third kappa shape index (κ3) is 5.21. The summed E-state index contributed by atoms with van der Waals surface area (Å²) in [4.78, 5) is 37.3. The zero-order chi connectivity index (χ0) is 22.5. The molecule has 0 spiro atoms. The second kappa shape index (κ2) is 9.61. The van der Waals surface area contributed by atoms with Crippen LogP contribution in [0.5, 0.6) is 11.5 Å². The average Bonchev–Trinajstić information content (AvgIpc) is 3.01. The second-order valence-corrected chi connectivity index (χ2v) is 7.26. The molecule has 8 nitrogen and oxygen atoms in total. The Hall–Kier alpha value is -3.40. The molecule has 4 amide bonds. The van der Waals surface area contributed by atoms with Crippen LogP contribution in [0.3, 0.4) is 0 Å². The summed E-state index contributed by atoms with van der Waals surface area (Å²) in [6, 6.07) is 8.08. The van der Waals surface area contributed by atoms with Crippen molar-refractivity contribution in [1.82, 2.24) is 10.2 Å². The van der Waals surface area contributed by atoms with Crippen LogP contribution in [-0.4, -0.2) is 43.0 Å². The standard InChI is InChI=1S/C21H19BrFN3O5/c1-3-26-20(28)16(25-21(26)29)8-12-9-17(30-2)18(10-15(12)22)31-11-19(27)24-14-6-4-13(23)5-7-14/h4-10H,3,11H2,1-2H3,(H,24,27)(H,25,29)/b16-8+. The highest BCUT2D eigenvalue weighted by Gasteiger charge is 2.32. The number of nitrogens with one attached hydrogen (secondary N) is 2. The molecule has 1 fully saturated rings. The fraction of sp³-hybridized carbons (Fsp3) is 0.190. The van der Waals surface area contributed by atoms with Gasteiger partial charge in [0.2, 0.25) is 0 Å². The molecule has 0 atom stereocenters. The van der Waals surface area contributed by atoms with Gasteiger partial charge in [0.25, 0.3) is 11.8 Å². The van der Waals surface area contributed by atoms with Crippen LogP contribution in [0.15, 0.2) is 46.6 Å². The van der Waals surface area contributed by atoms with Gasteiger partial charge in [-0.3, -0.25) is 14.5 Å². The summed E-state index contributed by atoms with van der Waals surface area (Å²) >= 11 is 3.40. The smallest absolute Gasteiger partial charge is 0.328 e. The lowest BCUT2D eigenvalue weighted by molar-refractivity contribution is -0.122. The van der Waals surface area contributed by atoms with E-state index in [4.69, 9.17) is 9.47 Å². The zero-order valence-corrected chi connectivity index (χ0v) is 18.3. The highest BCUT2D eigenvalue weighted by Crippen LogP contribution is 2.35. The number of benzene rings is 2. The number of carbonyl (C=O) groups is 3. The predicted octanol–water partition coefficient (Wildman–Crippen LogP) is 3.53. The minimum absolute atomic E-state index is 0.141. The molecule has 3 rings (SSSR count). The molecule has 162 valence electrons. The number of hydrogen-bond acceptors (Lipinski definition) is 5. The van der Waals surface area contributed by atoms with Crippen molar-refractivity contribution in [2.45, 2.75) is 6.92 Å². The quantitative estimate of drug-likeness (QED) is 0.456. The van der Waals surface area contributed by atoms with Gasteiger partial charge >= 0.3 is 6.03 Å². The molecule has 2 N–H and O–H groups in total. The maximum Gasteiger partial charge on any atom is 0.328 e. The second-order valence-electron chi connectivity index (χ2n) is 6.41. The van der Waals surface area contributed by atoms with Gasteiger partial charge in [-0.15, -0.1) is 0 Å². The van der Waals surface area contributed by atoms with Crippen LogP contribution < -0.4 is 20.1 Å². The van der Waals surface area contributed by atoms with Crippen LogP contribution in [0, 0.1) is 5.82 Å². The van der Waals surface area contributed by atoms with Crippen LogP contribution in [-0.2, 0) is 9.59 Å². The molecule has 1 aliphatic heterocycles. The van der Waals surface area contributed by atoms with Crippen LogP contribution >= 0.6 is 15.9 Å². The van der Waals surface area contributed by atoms with E-state index < -0.39 is 23.7 Å². The number of amides is 4. The summed E-state index contributed by atoms with van der Waals surface area (Å²) in [5, 5.41) is 5.12. The maximum absolute atomic E-state index is 13.0. The zero-order valence-electron chi connectivity index (χ0n) is 16.7. The number of nitrogens with zero attached hydrogens (tertiary/aromatic N) is 1. The highest BCUT2D eigenvalue weighted by atomic mass is 79.9. The topological polar surface area (TPSA) is 97.0 Å². The first-order chi connectivity index (χ1) is 14.8. The summed E-state index contributed by atoms with van der Waals surface area (Å²) in [6.07, 6.45) is 1.52. The van der Waals surface area contributed by atoms with Gasteiger partial charge in [-0.1, -0.05) is 15.9 Å². The number of methoxy groups -OCH3 is 1. The summed E-state index contributed by atoms with van der Waals surface area (Å²) in [6.45, 7) is 1.66. The molecule has 0 bridgehead atoms. The van der Waals surface area contributed by atoms with Gasteiger partial charge in [0.15, 0.2) is 18.1 Å². The van der Waals surface area contributed by atoms with Gasteiger partial charge < -0.3 is 20.1 Å². The lowest BCUT2D eigenvalue weighted by Crippen LogP contribution is -2.30. The van der Waals surface area contributed by atoms with E-state index in [2.05, 4.69) is 26.6 Å². The first-order valence-corrected chi connectivity index (χ1v) is 10.0. The number of imide groups is 1. The molecule has 1 aliphatic rings. The number of likely N-dealkylation sites (N-methyl/N-ethyl adjacent to an activating group) is 1. The van der Waals surface area contributed by atoms with E-state index in [-0.39, 0.29) is 18.8 Å². The van der Waals surface area contributed by atoms with E-state index in [0.717, 1.165) is 4.90 Å². The lowest BCUT2D eigenvalue weighted by atomic mass is 10.1. The van der Waals surface area contributed by atoms with E-state index in [1.54, 1.807) is 19.1 Å². The largest absolute Gasteiger partial charge is 0.493 e. The van der Waals surface area contributed by atoms with Crippen molar-refractivity contribution < 1.29 is 28.2 Å². The molecule has 10 heteroatoms. The normalized spacial score (nSPS) is 14.6. The fourth-order valence-corrected chi connectivity index (χ4v) is 3.26. The highest BCUT2D eigenvalue weighted by molar-refractivity contribution is 9.10. The van der Waals surface area contributed by atoms with E-state index in [9.17, 15) is 18.8 Å². The van der Waals surface area contributed by atoms with Crippen molar-refractivity contribution in [2.75, 3.05) is 25.6 Å². The summed E-state index contributed by atoms with van der Waals surface area (Å²) in [7, 11) is 1.44. The van der Waals surface area contributed by atoms with Crippen molar-refractivity contribution in [3.05, 3.63) is 57.9 Å². The van der Waals surface area contributed by atoms with E-state index in [0.29, 0.717) is 27.2 Å². The third-order valence-electron chi connectivity index (χ3n) is 4.35. The summed E-state index contributed by atoms with van der Waals surface area (Å²) in [5.74, 6) is -0.636. The first kappa shape index (κ1) is 22.3. The molecular weight excluding hydrogens is 473 g/mol. The van der Waals surface area contributed by atoms with E-state index in [1.165, 1.54) is 37.5 Å². The maximum atomic E-state index is 13.0. The summed E-state index contributed by atoms with van der Waals surface area (Å²) in [5.41, 5.74) is 1.15. The molecule has 31 heavy (non-hydrogen) atoms. The Bertz CT molecular complexity index is 1060. The van der Waals surface area contributed by atoms with Gasteiger partial charge in [0.05, 0.1) is 7.11 Å². The van der Waals surface area contributed by atoms with Gasteiger partial charge in [0, 0.05) is 16.7 Å². The van der Waals surface area contributed by atoms with E-state index in [1.807, 2.05) is 0 Å². The molecule has 1 heterocycles. The molecular formula is C21H19BrFN3O5. The Labute approximate surface area is 186 Å². The number of carbonyl (C=O) groups excluding carboxylic acids is 3. The number of halogens is 2. The SMILES string of the molecule is CCN1C(=O)N/C(=C/c2cc(OC)c(OCC(=O)Nc3ccc(F)cc3)cc2Br)C1=O.